The van der Waals surface area contributed by atoms with Crippen molar-refractivity contribution in [3.8, 4) is 0 Å². The van der Waals surface area contributed by atoms with Crippen molar-refractivity contribution in [2.45, 2.75) is 24.8 Å². The van der Waals surface area contributed by atoms with E-state index >= 15 is 0 Å². The van der Waals surface area contributed by atoms with Gasteiger partial charge >= 0.3 is 5.97 Å². The molecule has 0 bridgehead atoms. The van der Waals surface area contributed by atoms with Crippen LogP contribution in [0.5, 0.6) is 0 Å². The van der Waals surface area contributed by atoms with Crippen molar-refractivity contribution in [3.63, 3.8) is 0 Å². The van der Waals surface area contributed by atoms with Gasteiger partial charge in [0.05, 0.1) is 11.5 Å². The highest BCUT2D eigenvalue weighted by Gasteiger charge is 2.23. The number of hydrogen-bond acceptors (Lipinski definition) is 5. The van der Waals surface area contributed by atoms with E-state index < -0.39 is 22.0 Å². The number of aromatic nitrogens is 1. The highest BCUT2D eigenvalue weighted by molar-refractivity contribution is 7.89. The summed E-state index contributed by atoms with van der Waals surface area (Å²) in [6.45, 7) is 3.23. The van der Waals surface area contributed by atoms with E-state index in [1.165, 1.54) is 25.3 Å². The first-order chi connectivity index (χ1) is 8.36. The fourth-order valence-corrected chi connectivity index (χ4v) is 2.61. The topological polar surface area (TPSA) is 85.4 Å². The summed E-state index contributed by atoms with van der Waals surface area (Å²) >= 11 is 5.60. The van der Waals surface area contributed by atoms with Crippen molar-refractivity contribution in [2.75, 3.05) is 6.61 Å². The van der Waals surface area contributed by atoms with Gasteiger partial charge in [-0.3, -0.25) is 4.79 Å². The van der Waals surface area contributed by atoms with Crippen LogP contribution in [-0.4, -0.2) is 32.0 Å². The quantitative estimate of drug-likeness (QED) is 0.645. The Bertz CT molecular complexity index is 532. The maximum absolute atomic E-state index is 11.9. The first kappa shape index (κ1) is 14.9. The van der Waals surface area contributed by atoms with Crippen LogP contribution in [0.15, 0.2) is 23.2 Å². The minimum atomic E-state index is -3.82. The molecule has 100 valence electrons. The number of sulfonamides is 1. The number of halogens is 1. The second kappa shape index (κ2) is 6.12. The van der Waals surface area contributed by atoms with Crippen LogP contribution in [0, 0.1) is 0 Å². The van der Waals surface area contributed by atoms with Gasteiger partial charge in [-0.25, -0.2) is 13.4 Å². The average molecular weight is 293 g/mol. The Hall–Kier alpha value is -1.18. The lowest BCUT2D eigenvalue weighted by Crippen LogP contribution is -2.39. The SMILES string of the molecule is CCOC(=O)C(C)NS(=O)(=O)c1ccnc(Cl)c1. The largest absolute Gasteiger partial charge is 0.465 e. The maximum Gasteiger partial charge on any atom is 0.323 e. The molecular formula is C10H13ClN2O4S. The van der Waals surface area contributed by atoms with E-state index in [4.69, 9.17) is 16.3 Å². The van der Waals surface area contributed by atoms with Crippen molar-refractivity contribution in [1.29, 1.82) is 0 Å². The van der Waals surface area contributed by atoms with Gasteiger partial charge in [0.25, 0.3) is 0 Å². The molecule has 0 aliphatic heterocycles. The molecule has 8 heteroatoms. The lowest BCUT2D eigenvalue weighted by Gasteiger charge is -2.12. The predicted molar refractivity (Wildman–Crippen MR) is 65.7 cm³/mol. The van der Waals surface area contributed by atoms with Crippen LogP contribution in [0.1, 0.15) is 13.8 Å². The van der Waals surface area contributed by atoms with Gasteiger partial charge in [-0.15, -0.1) is 0 Å². The Morgan fingerprint density at radius 1 is 1.61 bits per heavy atom. The molecule has 1 aromatic heterocycles. The van der Waals surface area contributed by atoms with Crippen molar-refractivity contribution < 1.29 is 17.9 Å². The van der Waals surface area contributed by atoms with Crippen LogP contribution in [0.2, 0.25) is 5.15 Å². The van der Waals surface area contributed by atoms with E-state index in [0.29, 0.717) is 0 Å². The molecular weight excluding hydrogens is 280 g/mol. The fourth-order valence-electron chi connectivity index (χ4n) is 1.17. The molecule has 1 aromatic rings. The summed E-state index contributed by atoms with van der Waals surface area (Å²) in [7, 11) is -3.82. The van der Waals surface area contributed by atoms with E-state index in [2.05, 4.69) is 9.71 Å². The fraction of sp³-hybridized carbons (Fsp3) is 0.400. The molecule has 0 radical (unpaired) electrons. The molecule has 0 spiro atoms. The van der Waals surface area contributed by atoms with Gasteiger partial charge in [0, 0.05) is 6.20 Å². The molecule has 6 nitrogen and oxygen atoms in total. The Balaban J connectivity index is 2.86. The summed E-state index contributed by atoms with van der Waals surface area (Å²) in [5, 5.41) is 0.0571. The minimum Gasteiger partial charge on any atom is -0.465 e. The molecule has 1 heterocycles. The minimum absolute atomic E-state index is 0.0568. The summed E-state index contributed by atoms with van der Waals surface area (Å²) in [4.78, 5) is 15.0. The zero-order valence-corrected chi connectivity index (χ0v) is 11.5. The Kier molecular flexibility index (Phi) is 5.06. The molecule has 0 aromatic carbocycles. The normalized spacial score (nSPS) is 13.1. The van der Waals surface area contributed by atoms with Crippen LogP contribution < -0.4 is 4.72 Å². The van der Waals surface area contributed by atoms with Gasteiger partial charge in [0.2, 0.25) is 10.0 Å². The van der Waals surface area contributed by atoms with Gasteiger partial charge in [-0.2, -0.15) is 4.72 Å². The first-order valence-corrected chi connectivity index (χ1v) is 7.03. The summed E-state index contributed by atoms with van der Waals surface area (Å²) in [5.74, 6) is -0.638. The van der Waals surface area contributed by atoms with Crippen LogP contribution in [0.3, 0.4) is 0 Å². The summed E-state index contributed by atoms with van der Waals surface area (Å²) in [5.41, 5.74) is 0. The third-order valence-corrected chi connectivity index (χ3v) is 3.73. The number of ether oxygens (including phenoxy) is 1. The third-order valence-electron chi connectivity index (χ3n) is 1.98. The van der Waals surface area contributed by atoms with Crippen molar-refractivity contribution in [3.05, 3.63) is 23.5 Å². The Morgan fingerprint density at radius 3 is 2.83 bits per heavy atom. The summed E-state index contributed by atoms with van der Waals surface area (Å²) < 4.78 is 30.7. The van der Waals surface area contributed by atoms with Crippen LogP contribution in [0.4, 0.5) is 0 Å². The van der Waals surface area contributed by atoms with Crippen LogP contribution >= 0.6 is 11.6 Å². The first-order valence-electron chi connectivity index (χ1n) is 5.17. The molecule has 0 aliphatic carbocycles. The number of nitrogens with zero attached hydrogens (tertiary/aromatic N) is 1. The van der Waals surface area contributed by atoms with Gasteiger partial charge in [0.15, 0.2) is 0 Å². The van der Waals surface area contributed by atoms with Crippen molar-refractivity contribution in [1.82, 2.24) is 9.71 Å². The summed E-state index contributed by atoms with van der Waals surface area (Å²) in [6.07, 6.45) is 1.27. The van der Waals surface area contributed by atoms with E-state index in [1.807, 2.05) is 0 Å². The number of esters is 1. The molecule has 0 aliphatic rings. The Morgan fingerprint density at radius 2 is 2.28 bits per heavy atom. The molecule has 0 fully saturated rings. The lowest BCUT2D eigenvalue weighted by atomic mass is 10.4. The standard InChI is InChI=1S/C10H13ClN2O4S/c1-3-17-10(14)7(2)13-18(15,16)8-4-5-12-9(11)6-8/h4-7,13H,3H2,1-2H3. The van der Waals surface area contributed by atoms with Gasteiger partial charge in [0.1, 0.15) is 11.2 Å². The van der Waals surface area contributed by atoms with E-state index in [9.17, 15) is 13.2 Å². The number of pyridine rings is 1. The van der Waals surface area contributed by atoms with Gasteiger partial charge in [-0.1, -0.05) is 11.6 Å². The smallest absolute Gasteiger partial charge is 0.323 e. The zero-order chi connectivity index (χ0) is 13.8. The number of hydrogen-bond donors (Lipinski definition) is 1. The summed E-state index contributed by atoms with van der Waals surface area (Å²) in [6, 6.07) is 1.51. The number of carbonyl (C=O) groups excluding carboxylic acids is 1. The number of carbonyl (C=O) groups is 1. The number of nitrogens with one attached hydrogen (secondary N) is 1. The van der Waals surface area contributed by atoms with Crippen molar-refractivity contribution in [2.24, 2.45) is 0 Å². The highest BCUT2D eigenvalue weighted by Crippen LogP contribution is 2.13. The van der Waals surface area contributed by atoms with Crippen LogP contribution in [0.25, 0.3) is 0 Å². The van der Waals surface area contributed by atoms with Crippen molar-refractivity contribution >= 4 is 27.6 Å². The zero-order valence-electron chi connectivity index (χ0n) is 9.88. The highest BCUT2D eigenvalue weighted by atomic mass is 35.5. The average Bonchev–Trinajstić information content (AvgIpc) is 2.28. The number of rotatable bonds is 5. The van der Waals surface area contributed by atoms with Gasteiger partial charge in [-0.05, 0) is 26.0 Å². The van der Waals surface area contributed by atoms with E-state index in [1.54, 1.807) is 6.92 Å². The third kappa shape index (κ3) is 3.94. The van der Waals surface area contributed by atoms with Crippen LogP contribution in [-0.2, 0) is 19.6 Å². The molecule has 1 unspecified atom stereocenters. The molecule has 0 saturated carbocycles. The molecule has 1 rings (SSSR count). The predicted octanol–water partition coefficient (Wildman–Crippen LogP) is 0.965. The molecule has 0 amide bonds. The lowest BCUT2D eigenvalue weighted by molar-refractivity contribution is -0.144. The molecule has 1 atom stereocenters. The van der Waals surface area contributed by atoms with E-state index in [-0.39, 0.29) is 16.7 Å². The second-order valence-electron chi connectivity index (χ2n) is 3.41. The maximum atomic E-state index is 11.9. The molecule has 1 N–H and O–H groups in total. The second-order valence-corrected chi connectivity index (χ2v) is 5.51. The monoisotopic (exact) mass is 292 g/mol. The molecule has 0 saturated heterocycles. The molecule has 18 heavy (non-hydrogen) atoms. The van der Waals surface area contributed by atoms with E-state index in [0.717, 1.165) is 0 Å². The van der Waals surface area contributed by atoms with Gasteiger partial charge < -0.3 is 4.74 Å². The Labute approximate surface area is 110 Å².